The van der Waals surface area contributed by atoms with Crippen molar-refractivity contribution in [3.63, 3.8) is 0 Å². The van der Waals surface area contributed by atoms with E-state index >= 15 is 0 Å². The second kappa shape index (κ2) is 4.72. The molecule has 3 rings (SSSR count). The summed E-state index contributed by atoms with van der Waals surface area (Å²) in [6.07, 6.45) is 4.75. The molecule has 2 aliphatic carbocycles. The summed E-state index contributed by atoms with van der Waals surface area (Å²) in [5, 5.41) is 8.81. The number of aromatic carboxylic acids is 1. The number of hydrogen-bond donors (Lipinski definition) is 1. The Hall–Kier alpha value is -1.78. The quantitative estimate of drug-likeness (QED) is 0.854. The number of nitrogens with zero attached hydrogens (tertiary/aromatic N) is 1. The molecule has 1 aromatic heterocycles. The molecule has 1 heterocycles. The van der Waals surface area contributed by atoms with Crippen molar-refractivity contribution in [2.75, 3.05) is 13.1 Å². The maximum absolute atomic E-state index is 12.3. The van der Waals surface area contributed by atoms with Gasteiger partial charge in [0.05, 0.1) is 0 Å². The Balaban J connectivity index is 1.71. The van der Waals surface area contributed by atoms with E-state index in [1.807, 2.05) is 4.90 Å². The lowest BCUT2D eigenvalue weighted by Gasteiger charge is -2.21. The van der Waals surface area contributed by atoms with Crippen LogP contribution in [0.2, 0.25) is 0 Å². The van der Waals surface area contributed by atoms with Gasteiger partial charge in [-0.15, -0.1) is 0 Å². The van der Waals surface area contributed by atoms with Crippen LogP contribution >= 0.6 is 0 Å². The van der Waals surface area contributed by atoms with Crippen molar-refractivity contribution in [1.29, 1.82) is 0 Å². The summed E-state index contributed by atoms with van der Waals surface area (Å²) in [6, 6.07) is 2.79. The normalized spacial score (nSPS) is 18.3. The third kappa shape index (κ3) is 2.97. The van der Waals surface area contributed by atoms with Gasteiger partial charge >= 0.3 is 5.97 Å². The Labute approximate surface area is 111 Å². The van der Waals surface area contributed by atoms with Crippen LogP contribution in [0.15, 0.2) is 16.5 Å². The summed E-state index contributed by atoms with van der Waals surface area (Å²) < 4.78 is 5.10. The number of carbonyl (C=O) groups is 2. The number of hydrogen-bond acceptors (Lipinski definition) is 3. The first-order chi connectivity index (χ1) is 9.13. The third-order valence-electron chi connectivity index (χ3n) is 3.67. The number of furan rings is 1. The van der Waals surface area contributed by atoms with E-state index in [2.05, 4.69) is 0 Å². The molecule has 102 valence electrons. The van der Waals surface area contributed by atoms with Crippen LogP contribution < -0.4 is 0 Å². The lowest BCUT2D eigenvalue weighted by molar-refractivity contribution is 0.0646. The van der Waals surface area contributed by atoms with E-state index in [0.717, 1.165) is 13.1 Å². The first-order valence-electron chi connectivity index (χ1n) is 6.76. The molecule has 0 aromatic carbocycles. The number of carboxylic acids is 1. The van der Waals surface area contributed by atoms with Crippen LogP contribution in [0.5, 0.6) is 0 Å². The van der Waals surface area contributed by atoms with Crippen molar-refractivity contribution in [2.45, 2.75) is 25.7 Å². The molecule has 2 saturated carbocycles. The van der Waals surface area contributed by atoms with Crippen LogP contribution in [0.1, 0.15) is 46.8 Å². The second-order valence-electron chi connectivity index (χ2n) is 5.57. The molecule has 1 N–H and O–H groups in total. The maximum Gasteiger partial charge on any atom is 0.371 e. The minimum Gasteiger partial charge on any atom is -0.475 e. The van der Waals surface area contributed by atoms with Crippen molar-refractivity contribution in [3.05, 3.63) is 23.7 Å². The molecular weight excluding hydrogens is 246 g/mol. The molecule has 0 unspecified atom stereocenters. The lowest BCUT2D eigenvalue weighted by atomic mass is 10.3. The summed E-state index contributed by atoms with van der Waals surface area (Å²) in [7, 11) is 0. The van der Waals surface area contributed by atoms with E-state index in [1.165, 1.54) is 37.8 Å². The maximum atomic E-state index is 12.3. The van der Waals surface area contributed by atoms with Gasteiger partial charge in [-0.05, 0) is 49.7 Å². The topological polar surface area (TPSA) is 70.8 Å². The average molecular weight is 263 g/mol. The van der Waals surface area contributed by atoms with Crippen LogP contribution in [0.3, 0.4) is 0 Å². The molecule has 0 radical (unpaired) electrons. The van der Waals surface area contributed by atoms with Gasteiger partial charge in [0.15, 0.2) is 5.76 Å². The van der Waals surface area contributed by atoms with Gasteiger partial charge in [0, 0.05) is 13.1 Å². The molecule has 1 aromatic rings. The van der Waals surface area contributed by atoms with Crippen molar-refractivity contribution >= 4 is 11.9 Å². The van der Waals surface area contributed by atoms with Gasteiger partial charge in [-0.1, -0.05) is 0 Å². The van der Waals surface area contributed by atoms with Crippen molar-refractivity contribution in [3.8, 4) is 0 Å². The summed E-state index contributed by atoms with van der Waals surface area (Å²) in [4.78, 5) is 24.9. The molecule has 0 spiro atoms. The molecule has 5 nitrogen and oxygen atoms in total. The zero-order valence-corrected chi connectivity index (χ0v) is 10.7. The van der Waals surface area contributed by atoms with Crippen LogP contribution in [-0.4, -0.2) is 35.0 Å². The fourth-order valence-corrected chi connectivity index (χ4v) is 2.19. The second-order valence-corrected chi connectivity index (χ2v) is 5.57. The van der Waals surface area contributed by atoms with Gasteiger partial charge in [0.1, 0.15) is 0 Å². The van der Waals surface area contributed by atoms with Gasteiger partial charge in [-0.3, -0.25) is 4.79 Å². The summed E-state index contributed by atoms with van der Waals surface area (Å²) in [5.41, 5.74) is 0. The molecular formula is C14H17NO4. The highest BCUT2D eigenvalue weighted by Crippen LogP contribution is 2.34. The Bertz CT molecular complexity index is 485. The highest BCUT2D eigenvalue weighted by molar-refractivity contribution is 5.93. The van der Waals surface area contributed by atoms with Gasteiger partial charge in [0.2, 0.25) is 5.76 Å². The molecule has 1 amide bonds. The van der Waals surface area contributed by atoms with Crippen LogP contribution in [0, 0.1) is 11.8 Å². The Morgan fingerprint density at radius 3 is 2.05 bits per heavy atom. The minimum absolute atomic E-state index is 0.138. The van der Waals surface area contributed by atoms with Crippen molar-refractivity contribution < 1.29 is 19.1 Å². The highest BCUT2D eigenvalue weighted by Gasteiger charge is 2.33. The zero-order chi connectivity index (χ0) is 13.4. The monoisotopic (exact) mass is 263 g/mol. The van der Waals surface area contributed by atoms with E-state index in [1.54, 1.807) is 0 Å². The predicted molar refractivity (Wildman–Crippen MR) is 67.0 cm³/mol. The molecule has 2 aliphatic rings. The fourth-order valence-electron chi connectivity index (χ4n) is 2.19. The summed E-state index contributed by atoms with van der Waals surface area (Å²) in [5.74, 6) is -0.116. The van der Waals surface area contributed by atoms with E-state index in [9.17, 15) is 9.59 Å². The van der Waals surface area contributed by atoms with Gasteiger partial charge in [-0.25, -0.2) is 4.79 Å². The van der Waals surface area contributed by atoms with E-state index in [0.29, 0.717) is 11.8 Å². The Morgan fingerprint density at radius 2 is 1.63 bits per heavy atom. The zero-order valence-electron chi connectivity index (χ0n) is 10.7. The molecule has 5 heteroatoms. The van der Waals surface area contributed by atoms with Gasteiger partial charge in [-0.2, -0.15) is 0 Å². The first-order valence-corrected chi connectivity index (χ1v) is 6.76. The van der Waals surface area contributed by atoms with Gasteiger partial charge < -0.3 is 14.4 Å². The standard InChI is InChI=1S/C14H17NO4/c16-13(11-5-6-12(19-11)14(17)18)15(7-9-1-2-9)8-10-3-4-10/h5-6,9-10H,1-4,7-8H2,(H,17,18). The Kier molecular flexibility index (Phi) is 3.05. The summed E-state index contributed by atoms with van der Waals surface area (Å²) >= 11 is 0. The molecule has 0 atom stereocenters. The SMILES string of the molecule is O=C(O)c1ccc(C(=O)N(CC2CC2)CC2CC2)o1. The molecule has 0 saturated heterocycles. The largest absolute Gasteiger partial charge is 0.475 e. The molecule has 0 bridgehead atoms. The van der Waals surface area contributed by atoms with E-state index in [-0.39, 0.29) is 17.4 Å². The average Bonchev–Trinajstić information content (AvgIpc) is 3.29. The van der Waals surface area contributed by atoms with Crippen LogP contribution in [-0.2, 0) is 0 Å². The molecule has 0 aliphatic heterocycles. The number of carbonyl (C=O) groups excluding carboxylic acids is 1. The van der Waals surface area contributed by atoms with E-state index < -0.39 is 5.97 Å². The number of carboxylic acid groups (broad SMARTS) is 1. The lowest BCUT2D eigenvalue weighted by Crippen LogP contribution is -2.34. The van der Waals surface area contributed by atoms with E-state index in [4.69, 9.17) is 9.52 Å². The van der Waals surface area contributed by atoms with Crippen molar-refractivity contribution in [1.82, 2.24) is 4.90 Å². The van der Waals surface area contributed by atoms with Crippen molar-refractivity contribution in [2.24, 2.45) is 11.8 Å². The number of amides is 1. The Morgan fingerprint density at radius 1 is 1.11 bits per heavy atom. The van der Waals surface area contributed by atoms with Gasteiger partial charge in [0.25, 0.3) is 5.91 Å². The molecule has 2 fully saturated rings. The summed E-state index contributed by atoms with van der Waals surface area (Å²) in [6.45, 7) is 1.55. The van der Waals surface area contributed by atoms with Crippen LogP contribution in [0.4, 0.5) is 0 Å². The third-order valence-corrected chi connectivity index (χ3v) is 3.67. The smallest absolute Gasteiger partial charge is 0.371 e. The van der Waals surface area contributed by atoms with Crippen LogP contribution in [0.25, 0.3) is 0 Å². The first kappa shape index (κ1) is 12.3. The molecule has 19 heavy (non-hydrogen) atoms. The predicted octanol–water partition coefficient (Wildman–Crippen LogP) is 2.24. The highest BCUT2D eigenvalue weighted by atomic mass is 16.4. The fraction of sp³-hybridized carbons (Fsp3) is 0.571. The number of rotatable bonds is 6. The minimum atomic E-state index is -1.14.